The topological polar surface area (TPSA) is 41.5 Å². The second kappa shape index (κ2) is 7.46. The molecule has 1 saturated carbocycles. The summed E-state index contributed by atoms with van der Waals surface area (Å²) in [4.78, 5) is 12.3. The molecule has 2 rings (SSSR count). The molecule has 3 nitrogen and oxygen atoms in total. The van der Waals surface area contributed by atoms with Crippen molar-refractivity contribution in [3.8, 4) is 0 Å². The van der Waals surface area contributed by atoms with Crippen molar-refractivity contribution in [2.24, 2.45) is 10.5 Å². The second-order valence-electron chi connectivity index (χ2n) is 7.83. The summed E-state index contributed by atoms with van der Waals surface area (Å²) in [5.74, 6) is 0.282. The Hall–Kier alpha value is -0.770. The summed E-state index contributed by atoms with van der Waals surface area (Å²) in [6.07, 6.45) is 1.90. The first-order valence-electron chi connectivity index (χ1n) is 8.43. The zero-order valence-corrected chi connectivity index (χ0v) is 17.4. The number of nitrogens with one attached hydrogen (secondary N) is 1. The van der Waals surface area contributed by atoms with Gasteiger partial charge in [-0.25, -0.2) is 5.43 Å². The van der Waals surface area contributed by atoms with Crippen LogP contribution in [0, 0.1) is 5.41 Å². The van der Waals surface area contributed by atoms with Crippen LogP contribution in [-0.4, -0.2) is 21.8 Å². The Balaban J connectivity index is 2.17. The molecule has 0 radical (unpaired) electrons. The second-order valence-corrected chi connectivity index (χ2v) is 9.69. The first-order valence-corrected chi connectivity index (χ1v) is 9.72. The Bertz CT molecular complexity index is 662. The summed E-state index contributed by atoms with van der Waals surface area (Å²) >= 11 is 17.9. The third kappa shape index (κ3) is 4.69. The van der Waals surface area contributed by atoms with Crippen molar-refractivity contribution in [1.29, 1.82) is 0 Å². The minimum absolute atomic E-state index is 0.0881. The zero-order valence-electron chi connectivity index (χ0n) is 15.1. The van der Waals surface area contributed by atoms with Crippen molar-refractivity contribution >= 4 is 46.4 Å². The number of amides is 1. The van der Waals surface area contributed by atoms with Gasteiger partial charge < -0.3 is 0 Å². The van der Waals surface area contributed by atoms with Crippen LogP contribution in [0.4, 0.5) is 0 Å². The first kappa shape index (κ1) is 20.5. The maximum atomic E-state index is 12.3. The number of carbonyl (C=O) groups excluding carboxylic acids is 1. The fourth-order valence-electron chi connectivity index (χ4n) is 2.55. The number of hydrazone groups is 1. The van der Waals surface area contributed by atoms with Crippen LogP contribution in [0.1, 0.15) is 58.1 Å². The fraction of sp³-hybridized carbons (Fsp3) is 0.579. The van der Waals surface area contributed by atoms with Crippen LogP contribution in [0.15, 0.2) is 29.4 Å². The highest BCUT2D eigenvalue weighted by Crippen LogP contribution is 2.63. The largest absolute Gasteiger partial charge is 0.272 e. The number of carbonyl (C=O) groups is 1. The summed E-state index contributed by atoms with van der Waals surface area (Å²) < 4.78 is -1.00. The van der Waals surface area contributed by atoms with Crippen molar-refractivity contribution in [2.75, 3.05) is 5.88 Å². The molecule has 0 saturated heterocycles. The lowest BCUT2D eigenvalue weighted by Gasteiger charge is -2.19. The van der Waals surface area contributed by atoms with Gasteiger partial charge in [0.05, 0.1) is 11.1 Å². The van der Waals surface area contributed by atoms with Crippen LogP contribution >= 0.6 is 34.8 Å². The Labute approximate surface area is 165 Å². The van der Waals surface area contributed by atoms with Crippen molar-refractivity contribution < 1.29 is 4.79 Å². The SMILES string of the molecule is CC(C)(C)c1ccc(/C(CCCCl)=N\NC(=O)[C@]2(C)CC2(Cl)Cl)cc1. The number of rotatable bonds is 6. The molecule has 0 aliphatic heterocycles. The molecule has 1 aromatic rings. The van der Waals surface area contributed by atoms with Gasteiger partial charge in [-0.3, -0.25) is 4.79 Å². The lowest BCUT2D eigenvalue weighted by molar-refractivity contribution is -0.125. The van der Waals surface area contributed by atoms with Gasteiger partial charge in [-0.15, -0.1) is 34.8 Å². The van der Waals surface area contributed by atoms with Crippen LogP contribution in [0.3, 0.4) is 0 Å². The molecule has 1 aromatic carbocycles. The van der Waals surface area contributed by atoms with Gasteiger partial charge in [0.25, 0.3) is 0 Å². The quantitative estimate of drug-likeness (QED) is 0.385. The lowest BCUT2D eigenvalue weighted by atomic mass is 9.86. The molecule has 138 valence electrons. The molecule has 0 spiro atoms. The lowest BCUT2D eigenvalue weighted by Crippen LogP contribution is -2.30. The third-order valence-corrected chi connectivity index (χ3v) is 6.05. The fourth-order valence-corrected chi connectivity index (χ4v) is 3.39. The summed E-state index contributed by atoms with van der Waals surface area (Å²) in [5, 5.41) is 4.34. The minimum atomic E-state index is -1.00. The maximum Gasteiger partial charge on any atom is 0.249 e. The average molecular weight is 404 g/mol. The molecule has 1 amide bonds. The minimum Gasteiger partial charge on any atom is -0.272 e. The van der Waals surface area contributed by atoms with Gasteiger partial charge in [-0.1, -0.05) is 45.0 Å². The maximum absolute atomic E-state index is 12.3. The molecule has 0 unspecified atom stereocenters. The summed E-state index contributed by atoms with van der Waals surface area (Å²) in [7, 11) is 0. The summed E-state index contributed by atoms with van der Waals surface area (Å²) in [5.41, 5.74) is 4.95. The van der Waals surface area contributed by atoms with Gasteiger partial charge in [0, 0.05) is 5.88 Å². The van der Waals surface area contributed by atoms with E-state index in [1.165, 1.54) is 5.56 Å². The van der Waals surface area contributed by atoms with Crippen molar-refractivity contribution in [1.82, 2.24) is 5.43 Å². The Morgan fingerprint density at radius 2 is 1.80 bits per heavy atom. The normalized spacial score (nSPS) is 22.6. The van der Waals surface area contributed by atoms with E-state index in [1.54, 1.807) is 6.92 Å². The van der Waals surface area contributed by atoms with Crippen LogP contribution in [0.5, 0.6) is 0 Å². The number of hydrogen-bond donors (Lipinski definition) is 1. The molecule has 6 heteroatoms. The van der Waals surface area contributed by atoms with Gasteiger partial charge in [0.15, 0.2) is 0 Å². The van der Waals surface area contributed by atoms with Crippen molar-refractivity contribution in [3.05, 3.63) is 35.4 Å². The molecule has 0 bridgehead atoms. The molecule has 1 aliphatic rings. The number of nitrogens with zero attached hydrogens (tertiary/aromatic N) is 1. The molecule has 0 aromatic heterocycles. The van der Waals surface area contributed by atoms with Crippen molar-refractivity contribution in [3.63, 3.8) is 0 Å². The van der Waals surface area contributed by atoms with Crippen LogP contribution < -0.4 is 5.43 Å². The van der Waals surface area contributed by atoms with E-state index in [-0.39, 0.29) is 11.3 Å². The standard InChI is InChI=1S/C19H25Cl3N2O/c1-17(2,3)14-9-7-13(8-10-14)15(6-5-11-20)23-24-16(25)18(4)12-19(18,21)22/h7-10H,5-6,11-12H2,1-4H3,(H,24,25)/b23-15-/t18-/m0/s1. The van der Waals surface area contributed by atoms with Gasteiger partial charge in [-0.2, -0.15) is 5.10 Å². The van der Waals surface area contributed by atoms with Crippen LogP contribution in [0.25, 0.3) is 0 Å². The first-order chi connectivity index (χ1) is 11.5. The zero-order chi connectivity index (χ0) is 18.9. The number of hydrogen-bond acceptors (Lipinski definition) is 2. The van der Waals surface area contributed by atoms with Crippen LogP contribution in [-0.2, 0) is 10.2 Å². The Morgan fingerprint density at radius 3 is 2.24 bits per heavy atom. The Kier molecular flexibility index (Phi) is 6.13. The molecule has 1 aliphatic carbocycles. The van der Waals surface area contributed by atoms with E-state index in [9.17, 15) is 4.79 Å². The monoisotopic (exact) mass is 402 g/mol. The van der Waals surface area contributed by atoms with E-state index >= 15 is 0 Å². The van der Waals surface area contributed by atoms with Gasteiger partial charge >= 0.3 is 0 Å². The molecule has 1 N–H and O–H groups in total. The van der Waals surface area contributed by atoms with Gasteiger partial charge in [-0.05, 0) is 42.7 Å². The molecule has 25 heavy (non-hydrogen) atoms. The Morgan fingerprint density at radius 1 is 1.24 bits per heavy atom. The van der Waals surface area contributed by atoms with E-state index in [0.717, 1.165) is 17.7 Å². The highest BCUT2D eigenvalue weighted by molar-refractivity contribution is 6.53. The predicted molar refractivity (Wildman–Crippen MR) is 107 cm³/mol. The molecular formula is C19H25Cl3N2O. The van der Waals surface area contributed by atoms with E-state index in [4.69, 9.17) is 34.8 Å². The molecule has 0 heterocycles. The predicted octanol–water partition coefficient (Wildman–Crippen LogP) is 5.41. The van der Waals surface area contributed by atoms with Gasteiger partial charge in [0.2, 0.25) is 5.91 Å². The van der Waals surface area contributed by atoms with E-state index in [2.05, 4.69) is 43.4 Å². The average Bonchev–Trinajstić information content (AvgIpc) is 3.06. The van der Waals surface area contributed by atoms with E-state index in [1.807, 2.05) is 12.1 Å². The van der Waals surface area contributed by atoms with Gasteiger partial charge in [0.1, 0.15) is 4.33 Å². The number of alkyl halides is 3. The third-order valence-electron chi connectivity index (χ3n) is 4.68. The molecule has 1 atom stereocenters. The number of benzene rings is 1. The summed E-state index contributed by atoms with van der Waals surface area (Å²) in [6.45, 7) is 8.26. The number of halogens is 3. The smallest absolute Gasteiger partial charge is 0.249 e. The molecular weight excluding hydrogens is 379 g/mol. The molecule has 1 fully saturated rings. The van der Waals surface area contributed by atoms with E-state index in [0.29, 0.717) is 18.7 Å². The van der Waals surface area contributed by atoms with E-state index < -0.39 is 9.75 Å². The van der Waals surface area contributed by atoms with Crippen LogP contribution in [0.2, 0.25) is 0 Å². The highest BCUT2D eigenvalue weighted by atomic mass is 35.5. The summed E-state index contributed by atoms with van der Waals surface area (Å²) in [6, 6.07) is 8.26. The van der Waals surface area contributed by atoms with Crippen molar-refractivity contribution in [2.45, 2.75) is 56.7 Å². The highest BCUT2D eigenvalue weighted by Gasteiger charge is 2.68.